The highest BCUT2D eigenvalue weighted by molar-refractivity contribution is 5.93. The molecule has 3 unspecified atom stereocenters. The minimum atomic E-state index is -0.480. The fourth-order valence-electron chi connectivity index (χ4n) is 3.96. The van der Waals surface area contributed by atoms with E-state index in [1.807, 2.05) is 30.9 Å². The maximum Gasteiger partial charge on any atom is 0.289 e. The van der Waals surface area contributed by atoms with E-state index in [4.69, 9.17) is 9.15 Å². The van der Waals surface area contributed by atoms with Gasteiger partial charge in [-0.3, -0.25) is 14.6 Å². The van der Waals surface area contributed by atoms with Crippen LogP contribution in [0.1, 0.15) is 41.6 Å². The van der Waals surface area contributed by atoms with Gasteiger partial charge in [-0.2, -0.15) is 0 Å². The van der Waals surface area contributed by atoms with Crippen molar-refractivity contribution in [3.8, 4) is 0 Å². The number of carbonyl (C=O) groups excluding carboxylic acids is 2. The number of amides is 2. The first-order valence-corrected chi connectivity index (χ1v) is 9.23. The van der Waals surface area contributed by atoms with E-state index in [1.54, 1.807) is 23.2 Å². The van der Waals surface area contributed by atoms with Crippen molar-refractivity contribution in [1.29, 1.82) is 0 Å². The Balaban J connectivity index is 1.62. The molecule has 0 aromatic carbocycles. The van der Waals surface area contributed by atoms with Gasteiger partial charge in [0, 0.05) is 32.4 Å². The van der Waals surface area contributed by atoms with Gasteiger partial charge < -0.3 is 19.0 Å². The van der Waals surface area contributed by atoms with Crippen molar-refractivity contribution < 1.29 is 18.7 Å². The van der Waals surface area contributed by atoms with Gasteiger partial charge in [0.15, 0.2) is 5.76 Å². The van der Waals surface area contributed by atoms with E-state index in [0.717, 1.165) is 11.3 Å². The average Bonchev–Trinajstić information content (AvgIpc) is 3.20. The number of morpholine rings is 1. The predicted octanol–water partition coefficient (Wildman–Crippen LogP) is 2.05. The normalized spacial score (nSPS) is 25.2. The number of aromatic nitrogens is 1. The van der Waals surface area contributed by atoms with Crippen molar-refractivity contribution in [3.63, 3.8) is 0 Å². The van der Waals surface area contributed by atoms with Gasteiger partial charge in [0.05, 0.1) is 30.1 Å². The third kappa shape index (κ3) is 3.47. The highest BCUT2D eigenvalue weighted by Crippen LogP contribution is 2.30. The maximum atomic E-state index is 13.3. The van der Waals surface area contributed by atoms with E-state index in [0.29, 0.717) is 26.2 Å². The molecule has 0 aliphatic carbocycles. The SMILES string of the molecule is CC1CN(C(=O)C2CN(C(=O)c3ccco3)Cc3cccnc32)CC(C)O1. The van der Waals surface area contributed by atoms with Crippen molar-refractivity contribution in [2.45, 2.75) is 38.5 Å². The molecule has 27 heavy (non-hydrogen) atoms. The molecule has 0 radical (unpaired) electrons. The van der Waals surface area contributed by atoms with Crippen LogP contribution in [0.4, 0.5) is 0 Å². The number of carbonyl (C=O) groups is 2. The van der Waals surface area contributed by atoms with Crippen LogP contribution in [0.2, 0.25) is 0 Å². The first-order chi connectivity index (χ1) is 13.0. The van der Waals surface area contributed by atoms with Gasteiger partial charge in [-0.25, -0.2) is 0 Å². The molecule has 2 aliphatic heterocycles. The zero-order valence-electron chi connectivity index (χ0n) is 15.5. The summed E-state index contributed by atoms with van der Waals surface area (Å²) in [6.07, 6.45) is 3.16. The van der Waals surface area contributed by atoms with Gasteiger partial charge in [0.2, 0.25) is 5.91 Å². The molecule has 2 aromatic heterocycles. The highest BCUT2D eigenvalue weighted by atomic mass is 16.5. The fourth-order valence-corrected chi connectivity index (χ4v) is 3.96. The monoisotopic (exact) mass is 369 g/mol. The van der Waals surface area contributed by atoms with Crippen LogP contribution >= 0.6 is 0 Å². The lowest BCUT2D eigenvalue weighted by Gasteiger charge is -2.39. The molecule has 0 spiro atoms. The number of pyridine rings is 1. The van der Waals surface area contributed by atoms with Crippen molar-refractivity contribution in [2.24, 2.45) is 0 Å². The van der Waals surface area contributed by atoms with E-state index in [-0.39, 0.29) is 29.8 Å². The van der Waals surface area contributed by atoms with Gasteiger partial charge >= 0.3 is 0 Å². The van der Waals surface area contributed by atoms with Gasteiger partial charge in [-0.1, -0.05) is 6.07 Å². The zero-order valence-corrected chi connectivity index (χ0v) is 15.5. The summed E-state index contributed by atoms with van der Waals surface area (Å²) in [5.74, 6) is -0.418. The van der Waals surface area contributed by atoms with E-state index in [1.165, 1.54) is 6.26 Å². The minimum Gasteiger partial charge on any atom is -0.459 e. The summed E-state index contributed by atoms with van der Waals surface area (Å²) in [5, 5.41) is 0. The zero-order chi connectivity index (χ0) is 19.0. The summed E-state index contributed by atoms with van der Waals surface area (Å²) in [7, 11) is 0. The molecule has 1 saturated heterocycles. The lowest BCUT2D eigenvalue weighted by molar-refractivity contribution is -0.145. The number of rotatable bonds is 2. The van der Waals surface area contributed by atoms with E-state index < -0.39 is 5.92 Å². The number of furan rings is 1. The molecule has 4 heterocycles. The van der Waals surface area contributed by atoms with Gasteiger partial charge in [0.1, 0.15) is 0 Å². The number of nitrogens with zero attached hydrogens (tertiary/aromatic N) is 3. The molecule has 0 N–H and O–H groups in total. The Bertz CT molecular complexity index is 826. The van der Waals surface area contributed by atoms with Crippen LogP contribution in [-0.4, -0.2) is 58.4 Å². The van der Waals surface area contributed by atoms with E-state index in [9.17, 15) is 9.59 Å². The van der Waals surface area contributed by atoms with Gasteiger partial charge in [0.25, 0.3) is 5.91 Å². The Morgan fingerprint density at radius 1 is 1.07 bits per heavy atom. The standard InChI is InChI=1S/C20H23N3O4/c1-13-9-22(10-14(2)27-13)19(24)16-12-23(20(25)17-6-4-8-26-17)11-15-5-3-7-21-18(15)16/h3-8,13-14,16H,9-12H2,1-2H3. The Morgan fingerprint density at radius 3 is 2.56 bits per heavy atom. The molecule has 1 fully saturated rings. The van der Waals surface area contributed by atoms with Crippen molar-refractivity contribution in [3.05, 3.63) is 53.7 Å². The summed E-state index contributed by atoms with van der Waals surface area (Å²) in [6, 6.07) is 7.09. The Kier molecular flexibility index (Phi) is 4.70. The van der Waals surface area contributed by atoms with Gasteiger partial charge in [-0.15, -0.1) is 0 Å². The lowest BCUT2D eigenvalue weighted by atomic mass is 9.92. The molecular weight excluding hydrogens is 346 g/mol. The maximum absolute atomic E-state index is 13.3. The first-order valence-electron chi connectivity index (χ1n) is 9.23. The number of ether oxygens (including phenoxy) is 1. The summed E-state index contributed by atoms with van der Waals surface area (Å²) in [4.78, 5) is 34.1. The highest BCUT2D eigenvalue weighted by Gasteiger charge is 2.38. The molecule has 4 rings (SSSR count). The molecule has 7 heteroatoms. The van der Waals surface area contributed by atoms with Crippen molar-refractivity contribution in [1.82, 2.24) is 14.8 Å². The topological polar surface area (TPSA) is 75.9 Å². The average molecular weight is 369 g/mol. The molecule has 2 amide bonds. The van der Waals surface area contributed by atoms with Crippen LogP contribution in [-0.2, 0) is 16.1 Å². The Labute approximate surface area is 157 Å². The van der Waals surface area contributed by atoms with Crippen LogP contribution in [0.25, 0.3) is 0 Å². The largest absolute Gasteiger partial charge is 0.459 e. The van der Waals surface area contributed by atoms with Crippen LogP contribution in [0.3, 0.4) is 0 Å². The fraction of sp³-hybridized carbons (Fsp3) is 0.450. The quantitative estimate of drug-likeness (QED) is 0.810. The number of fused-ring (bicyclic) bond motifs is 1. The van der Waals surface area contributed by atoms with Crippen LogP contribution < -0.4 is 0 Å². The minimum absolute atomic E-state index is 0.00565. The number of hydrogen-bond acceptors (Lipinski definition) is 5. The summed E-state index contributed by atoms with van der Waals surface area (Å²) < 4.78 is 11.0. The molecule has 2 aliphatic rings. The Hall–Kier alpha value is -2.67. The third-order valence-electron chi connectivity index (χ3n) is 5.07. The van der Waals surface area contributed by atoms with Crippen LogP contribution in [0.15, 0.2) is 41.1 Å². The molecule has 3 atom stereocenters. The second kappa shape index (κ2) is 7.15. The molecule has 2 aromatic rings. The molecule has 142 valence electrons. The summed E-state index contributed by atoms with van der Waals surface area (Å²) in [6.45, 7) is 5.75. The van der Waals surface area contributed by atoms with Crippen LogP contribution in [0.5, 0.6) is 0 Å². The second-order valence-corrected chi connectivity index (χ2v) is 7.26. The second-order valence-electron chi connectivity index (χ2n) is 7.26. The van der Waals surface area contributed by atoms with Gasteiger partial charge in [-0.05, 0) is 37.6 Å². The lowest BCUT2D eigenvalue weighted by Crippen LogP contribution is -2.52. The smallest absolute Gasteiger partial charge is 0.289 e. The number of hydrogen-bond donors (Lipinski definition) is 0. The van der Waals surface area contributed by atoms with Crippen molar-refractivity contribution in [2.75, 3.05) is 19.6 Å². The van der Waals surface area contributed by atoms with E-state index in [2.05, 4.69) is 4.98 Å². The first kappa shape index (κ1) is 17.7. The van der Waals surface area contributed by atoms with Crippen molar-refractivity contribution >= 4 is 11.8 Å². The molecule has 0 saturated carbocycles. The molecule has 0 bridgehead atoms. The summed E-state index contributed by atoms with van der Waals surface area (Å²) >= 11 is 0. The third-order valence-corrected chi connectivity index (χ3v) is 5.07. The Morgan fingerprint density at radius 2 is 1.85 bits per heavy atom. The van der Waals surface area contributed by atoms with E-state index >= 15 is 0 Å². The predicted molar refractivity (Wildman–Crippen MR) is 97.0 cm³/mol. The molecular formula is C20H23N3O4. The summed E-state index contributed by atoms with van der Waals surface area (Å²) in [5.41, 5.74) is 1.66. The van der Waals surface area contributed by atoms with Crippen LogP contribution in [0, 0.1) is 0 Å². The molecule has 7 nitrogen and oxygen atoms in total.